The van der Waals surface area contributed by atoms with E-state index in [2.05, 4.69) is 0 Å². The summed E-state index contributed by atoms with van der Waals surface area (Å²) >= 11 is 5.82. The Hall–Kier alpha value is -1.22. The number of hydrogen-bond acceptors (Lipinski definition) is 2. The average molecular weight is 200 g/mol. The molecule has 0 bridgehead atoms. The Morgan fingerprint density at radius 2 is 2.15 bits per heavy atom. The van der Waals surface area contributed by atoms with Gasteiger partial charge in [-0.15, -0.1) is 0 Å². The lowest BCUT2D eigenvalue weighted by Crippen LogP contribution is -2.12. The quantitative estimate of drug-likeness (QED) is 0.789. The van der Waals surface area contributed by atoms with Gasteiger partial charge in [0.25, 0.3) is 5.91 Å². The number of halogens is 1. The smallest absolute Gasteiger partial charge is 0.252 e. The summed E-state index contributed by atoms with van der Waals surface area (Å²) in [5.41, 5.74) is 6.29. The van der Waals surface area contributed by atoms with Crippen LogP contribution in [0, 0.1) is 6.92 Å². The van der Waals surface area contributed by atoms with Gasteiger partial charge in [0, 0.05) is 5.02 Å². The van der Waals surface area contributed by atoms with Crippen molar-refractivity contribution in [3.63, 3.8) is 0 Å². The van der Waals surface area contributed by atoms with Gasteiger partial charge in [-0.05, 0) is 24.6 Å². The molecule has 1 amide bonds. The molecular weight excluding hydrogens is 190 g/mol. The molecule has 0 fully saturated rings. The summed E-state index contributed by atoms with van der Waals surface area (Å²) in [6.07, 6.45) is 0. The van der Waals surface area contributed by atoms with Crippen molar-refractivity contribution in [1.82, 2.24) is 0 Å². The van der Waals surface area contributed by atoms with Gasteiger partial charge in [0.2, 0.25) is 0 Å². The predicted octanol–water partition coefficient (Wildman–Crippen LogP) is 1.76. The lowest BCUT2D eigenvalue weighted by Gasteiger charge is -2.07. The minimum absolute atomic E-state index is 0.304. The molecule has 3 nitrogen and oxygen atoms in total. The van der Waals surface area contributed by atoms with Crippen molar-refractivity contribution in [2.24, 2.45) is 5.73 Å². The summed E-state index contributed by atoms with van der Waals surface area (Å²) in [5, 5.41) is 0.509. The Kier molecular flexibility index (Phi) is 2.78. The third-order valence-corrected chi connectivity index (χ3v) is 2.15. The zero-order valence-electron chi connectivity index (χ0n) is 7.43. The predicted molar refractivity (Wildman–Crippen MR) is 51.3 cm³/mol. The van der Waals surface area contributed by atoms with Crippen LogP contribution in [0.15, 0.2) is 12.1 Å². The molecule has 0 atom stereocenters. The minimum atomic E-state index is -0.543. The van der Waals surface area contributed by atoms with Crippen LogP contribution in [0.5, 0.6) is 5.75 Å². The van der Waals surface area contributed by atoms with Crippen molar-refractivity contribution in [2.75, 3.05) is 7.11 Å². The molecule has 0 aromatic heterocycles. The van der Waals surface area contributed by atoms with Crippen LogP contribution >= 0.6 is 11.6 Å². The standard InChI is InChI=1S/C9H10ClNO2/c1-5-3-8(13-2)6(9(11)12)4-7(5)10/h3-4H,1-2H3,(H2,11,12). The topological polar surface area (TPSA) is 52.3 Å². The third-order valence-electron chi connectivity index (χ3n) is 1.75. The third kappa shape index (κ3) is 1.92. The van der Waals surface area contributed by atoms with Gasteiger partial charge in [-0.2, -0.15) is 0 Å². The van der Waals surface area contributed by atoms with Crippen LogP contribution in [0.2, 0.25) is 5.02 Å². The molecule has 0 spiro atoms. The summed E-state index contributed by atoms with van der Waals surface area (Å²) < 4.78 is 4.98. The minimum Gasteiger partial charge on any atom is -0.496 e. The van der Waals surface area contributed by atoms with Crippen molar-refractivity contribution < 1.29 is 9.53 Å². The molecule has 2 N–H and O–H groups in total. The van der Waals surface area contributed by atoms with E-state index in [0.717, 1.165) is 5.56 Å². The summed E-state index contributed by atoms with van der Waals surface area (Å²) in [4.78, 5) is 10.9. The fourth-order valence-corrected chi connectivity index (χ4v) is 1.18. The molecule has 13 heavy (non-hydrogen) atoms. The Balaban J connectivity index is 3.33. The molecule has 0 aliphatic carbocycles. The SMILES string of the molecule is COc1cc(C)c(Cl)cc1C(N)=O. The first kappa shape index (κ1) is 9.86. The molecule has 0 saturated heterocycles. The molecule has 4 heteroatoms. The van der Waals surface area contributed by atoms with Gasteiger partial charge in [-0.3, -0.25) is 4.79 Å². The molecule has 70 valence electrons. The lowest BCUT2D eigenvalue weighted by molar-refractivity contribution is 0.0997. The van der Waals surface area contributed by atoms with Gasteiger partial charge in [-0.25, -0.2) is 0 Å². The first-order valence-corrected chi connectivity index (χ1v) is 4.08. The van der Waals surface area contributed by atoms with Crippen LogP contribution in [0.1, 0.15) is 15.9 Å². The maximum Gasteiger partial charge on any atom is 0.252 e. The lowest BCUT2D eigenvalue weighted by atomic mass is 10.1. The molecule has 0 radical (unpaired) electrons. The fraction of sp³-hybridized carbons (Fsp3) is 0.222. The van der Waals surface area contributed by atoms with Crippen molar-refractivity contribution in [3.05, 3.63) is 28.3 Å². The van der Waals surface area contributed by atoms with E-state index in [9.17, 15) is 4.79 Å². The highest BCUT2D eigenvalue weighted by atomic mass is 35.5. The van der Waals surface area contributed by atoms with Gasteiger partial charge in [0.1, 0.15) is 5.75 Å². The Morgan fingerprint density at radius 3 is 2.62 bits per heavy atom. The summed E-state index contributed by atoms with van der Waals surface area (Å²) in [5.74, 6) is -0.0897. The summed E-state index contributed by atoms with van der Waals surface area (Å²) in [7, 11) is 1.48. The number of carbonyl (C=O) groups is 1. The molecule has 0 heterocycles. The number of nitrogens with two attached hydrogens (primary N) is 1. The van der Waals surface area contributed by atoms with E-state index in [1.54, 1.807) is 6.07 Å². The highest BCUT2D eigenvalue weighted by molar-refractivity contribution is 6.31. The first-order valence-electron chi connectivity index (χ1n) is 3.70. The first-order chi connectivity index (χ1) is 6.06. The number of ether oxygens (including phenoxy) is 1. The van der Waals surface area contributed by atoms with Crippen LogP contribution in [0.25, 0.3) is 0 Å². The van der Waals surface area contributed by atoms with Crippen LogP contribution < -0.4 is 10.5 Å². The zero-order chi connectivity index (χ0) is 10.0. The number of carbonyl (C=O) groups excluding carboxylic acids is 1. The molecule has 1 aromatic rings. The number of primary amides is 1. The average Bonchev–Trinajstić information content (AvgIpc) is 2.08. The van der Waals surface area contributed by atoms with E-state index in [1.165, 1.54) is 13.2 Å². The van der Waals surface area contributed by atoms with Gasteiger partial charge in [0.05, 0.1) is 12.7 Å². The second-order valence-corrected chi connectivity index (χ2v) is 3.07. The zero-order valence-corrected chi connectivity index (χ0v) is 8.18. The second-order valence-electron chi connectivity index (χ2n) is 2.67. The van der Waals surface area contributed by atoms with Gasteiger partial charge < -0.3 is 10.5 Å². The summed E-state index contributed by atoms with van der Waals surface area (Å²) in [6, 6.07) is 3.19. The van der Waals surface area contributed by atoms with Gasteiger partial charge in [0.15, 0.2) is 0 Å². The maximum atomic E-state index is 10.9. The largest absolute Gasteiger partial charge is 0.496 e. The number of amides is 1. The Morgan fingerprint density at radius 1 is 1.54 bits per heavy atom. The number of hydrogen-bond donors (Lipinski definition) is 1. The highest BCUT2D eigenvalue weighted by Crippen LogP contribution is 2.25. The molecule has 0 unspecified atom stereocenters. The molecule has 0 aliphatic heterocycles. The Labute approximate surface area is 81.4 Å². The van der Waals surface area contributed by atoms with Crippen LogP contribution in [0.4, 0.5) is 0 Å². The van der Waals surface area contributed by atoms with E-state index in [1.807, 2.05) is 6.92 Å². The number of rotatable bonds is 2. The second kappa shape index (κ2) is 3.66. The molecule has 1 rings (SSSR count). The fourth-order valence-electron chi connectivity index (χ4n) is 1.02. The monoisotopic (exact) mass is 199 g/mol. The van der Waals surface area contributed by atoms with Crippen LogP contribution in [0.3, 0.4) is 0 Å². The number of aryl methyl sites for hydroxylation is 1. The van der Waals surface area contributed by atoms with Crippen molar-refractivity contribution in [2.45, 2.75) is 6.92 Å². The van der Waals surface area contributed by atoms with Gasteiger partial charge >= 0.3 is 0 Å². The van der Waals surface area contributed by atoms with E-state index >= 15 is 0 Å². The molecular formula is C9H10ClNO2. The highest BCUT2D eigenvalue weighted by Gasteiger charge is 2.10. The van der Waals surface area contributed by atoms with E-state index in [0.29, 0.717) is 16.3 Å². The van der Waals surface area contributed by atoms with Crippen molar-refractivity contribution in [1.29, 1.82) is 0 Å². The maximum absolute atomic E-state index is 10.9. The van der Waals surface area contributed by atoms with E-state index in [-0.39, 0.29) is 0 Å². The van der Waals surface area contributed by atoms with Gasteiger partial charge in [-0.1, -0.05) is 11.6 Å². The van der Waals surface area contributed by atoms with Crippen molar-refractivity contribution in [3.8, 4) is 5.75 Å². The Bertz CT molecular complexity index is 350. The van der Waals surface area contributed by atoms with E-state index in [4.69, 9.17) is 22.1 Å². The summed E-state index contributed by atoms with van der Waals surface area (Å²) in [6.45, 7) is 1.83. The van der Waals surface area contributed by atoms with Crippen LogP contribution in [-0.4, -0.2) is 13.0 Å². The molecule has 0 aliphatic rings. The van der Waals surface area contributed by atoms with Crippen LogP contribution in [-0.2, 0) is 0 Å². The normalized spacial score (nSPS) is 9.77. The number of methoxy groups -OCH3 is 1. The molecule has 1 aromatic carbocycles. The number of benzene rings is 1. The molecule has 0 saturated carbocycles. The van der Waals surface area contributed by atoms with E-state index < -0.39 is 5.91 Å². The van der Waals surface area contributed by atoms with Crippen molar-refractivity contribution >= 4 is 17.5 Å².